The molecule has 0 fully saturated rings. The topological polar surface area (TPSA) is 65.7 Å². The SMILES string of the molecule is N#Cc1ccc(N2c3ccccc3C3(c4ccccc4Sc4ccccc43)c3ccccc32)cc1-c1nc(-c2ccccc2)nc(-c2ccccc2)n1. The molecule has 0 radical (unpaired) electrons. The number of para-hydroxylation sites is 2. The second kappa shape index (κ2) is 12.4. The van der Waals surface area contributed by atoms with Crippen LogP contribution >= 0.6 is 11.8 Å². The minimum absolute atomic E-state index is 0.443. The molecule has 53 heavy (non-hydrogen) atoms. The van der Waals surface area contributed by atoms with Gasteiger partial charge in [0.25, 0.3) is 0 Å². The van der Waals surface area contributed by atoms with E-state index in [-0.39, 0.29) is 0 Å². The predicted molar refractivity (Wildman–Crippen MR) is 212 cm³/mol. The van der Waals surface area contributed by atoms with E-state index in [1.165, 1.54) is 32.0 Å². The lowest BCUT2D eigenvalue weighted by molar-refractivity contribution is 0.692. The summed E-state index contributed by atoms with van der Waals surface area (Å²) >= 11 is 1.84. The van der Waals surface area contributed by atoms with Gasteiger partial charge in [0.1, 0.15) is 0 Å². The summed E-state index contributed by atoms with van der Waals surface area (Å²) in [5.41, 5.74) is 10.3. The lowest BCUT2D eigenvalue weighted by Crippen LogP contribution is -2.39. The third kappa shape index (κ3) is 4.82. The van der Waals surface area contributed by atoms with E-state index in [2.05, 4.69) is 114 Å². The van der Waals surface area contributed by atoms with E-state index in [9.17, 15) is 5.26 Å². The monoisotopic (exact) mass is 695 g/mol. The van der Waals surface area contributed by atoms with Gasteiger partial charge in [-0.1, -0.05) is 145 Å². The Morgan fingerprint density at radius 3 is 1.45 bits per heavy atom. The van der Waals surface area contributed by atoms with Crippen LogP contribution in [0.1, 0.15) is 27.8 Å². The van der Waals surface area contributed by atoms with Gasteiger partial charge in [-0.05, 0) is 64.7 Å². The van der Waals surface area contributed by atoms with Crippen molar-refractivity contribution in [3.63, 3.8) is 0 Å². The number of hydrogen-bond acceptors (Lipinski definition) is 6. The summed E-state index contributed by atoms with van der Waals surface area (Å²) in [6.07, 6.45) is 0. The molecule has 0 saturated heterocycles. The van der Waals surface area contributed by atoms with E-state index in [4.69, 9.17) is 15.0 Å². The first kappa shape index (κ1) is 31.0. The molecule has 0 aliphatic carbocycles. The maximum absolute atomic E-state index is 10.5. The lowest BCUT2D eigenvalue weighted by Gasteiger charge is -2.49. The largest absolute Gasteiger partial charge is 0.310 e. The first-order chi connectivity index (χ1) is 26.2. The molecule has 1 aromatic heterocycles. The van der Waals surface area contributed by atoms with Crippen LogP contribution in [0.2, 0.25) is 0 Å². The van der Waals surface area contributed by atoms with Gasteiger partial charge in [0.15, 0.2) is 17.5 Å². The molecule has 6 heteroatoms. The molecule has 248 valence electrons. The van der Waals surface area contributed by atoms with E-state index >= 15 is 0 Å². The van der Waals surface area contributed by atoms with Gasteiger partial charge in [0.05, 0.1) is 28.4 Å². The van der Waals surface area contributed by atoms with Crippen LogP contribution in [0.15, 0.2) is 186 Å². The van der Waals surface area contributed by atoms with Crippen molar-refractivity contribution < 1.29 is 0 Å². The van der Waals surface area contributed by atoms with Crippen LogP contribution in [0.5, 0.6) is 0 Å². The summed E-state index contributed by atoms with van der Waals surface area (Å²) in [6.45, 7) is 0. The highest BCUT2D eigenvalue weighted by atomic mass is 32.2. The zero-order valence-electron chi connectivity index (χ0n) is 28.4. The first-order valence-corrected chi connectivity index (χ1v) is 18.3. The first-order valence-electron chi connectivity index (χ1n) is 17.5. The van der Waals surface area contributed by atoms with Gasteiger partial charge in [-0.25, -0.2) is 15.0 Å². The molecule has 2 aliphatic heterocycles. The zero-order valence-corrected chi connectivity index (χ0v) is 29.2. The van der Waals surface area contributed by atoms with E-state index in [1.807, 2.05) is 84.6 Å². The minimum atomic E-state index is -0.541. The van der Waals surface area contributed by atoms with Crippen molar-refractivity contribution in [2.75, 3.05) is 4.90 Å². The number of anilines is 3. The average Bonchev–Trinajstić information content (AvgIpc) is 3.24. The van der Waals surface area contributed by atoms with Gasteiger partial charge < -0.3 is 4.90 Å². The molecule has 0 atom stereocenters. The van der Waals surface area contributed by atoms with Crippen LogP contribution in [0.3, 0.4) is 0 Å². The van der Waals surface area contributed by atoms with Crippen molar-refractivity contribution in [1.82, 2.24) is 15.0 Å². The minimum Gasteiger partial charge on any atom is -0.310 e. The van der Waals surface area contributed by atoms with Crippen LogP contribution in [-0.2, 0) is 5.41 Å². The summed E-state index contributed by atoms with van der Waals surface area (Å²) in [6, 6.07) is 63.3. The highest BCUT2D eigenvalue weighted by Crippen LogP contribution is 2.62. The molecular weight excluding hydrogens is 667 g/mol. The van der Waals surface area contributed by atoms with Crippen molar-refractivity contribution >= 4 is 28.8 Å². The summed E-state index contributed by atoms with van der Waals surface area (Å²) in [5.74, 6) is 1.54. The second-order valence-corrected chi connectivity index (χ2v) is 14.2. The third-order valence-electron chi connectivity index (χ3n) is 10.2. The molecule has 3 heterocycles. The zero-order chi connectivity index (χ0) is 35.4. The van der Waals surface area contributed by atoms with Crippen molar-refractivity contribution in [1.29, 1.82) is 5.26 Å². The quantitative estimate of drug-likeness (QED) is 0.183. The van der Waals surface area contributed by atoms with Gasteiger partial charge in [-0.15, -0.1) is 0 Å². The maximum Gasteiger partial charge on any atom is 0.165 e. The lowest BCUT2D eigenvalue weighted by atomic mass is 9.62. The molecule has 1 spiro atoms. The van der Waals surface area contributed by atoms with Crippen molar-refractivity contribution in [2.45, 2.75) is 15.2 Å². The molecule has 2 aliphatic rings. The molecular formula is C47H29N5S. The number of rotatable bonds is 4. The van der Waals surface area contributed by atoms with Crippen LogP contribution in [0.4, 0.5) is 17.1 Å². The second-order valence-electron chi connectivity index (χ2n) is 13.1. The Labute approximate surface area is 311 Å². The van der Waals surface area contributed by atoms with Crippen molar-refractivity contribution in [3.8, 4) is 40.2 Å². The van der Waals surface area contributed by atoms with E-state index in [1.54, 1.807) is 0 Å². The third-order valence-corrected chi connectivity index (χ3v) is 11.4. The smallest absolute Gasteiger partial charge is 0.165 e. The number of hydrogen-bond donors (Lipinski definition) is 0. The summed E-state index contributed by atoms with van der Waals surface area (Å²) < 4.78 is 0. The maximum atomic E-state index is 10.5. The number of benzene rings is 7. The Morgan fingerprint density at radius 2 is 0.925 bits per heavy atom. The Kier molecular flexibility index (Phi) is 7.27. The van der Waals surface area contributed by atoms with Crippen molar-refractivity contribution in [3.05, 3.63) is 204 Å². The predicted octanol–water partition coefficient (Wildman–Crippen LogP) is 11.4. The fourth-order valence-corrected chi connectivity index (χ4v) is 9.17. The van der Waals surface area contributed by atoms with Gasteiger partial charge in [-0.2, -0.15) is 5.26 Å². The summed E-state index contributed by atoms with van der Waals surface area (Å²) in [7, 11) is 0. The van der Waals surface area contributed by atoms with Gasteiger partial charge in [0, 0.05) is 32.2 Å². The van der Waals surface area contributed by atoms with E-state index in [0.717, 1.165) is 28.2 Å². The number of fused-ring (bicyclic) bond motifs is 8. The summed E-state index contributed by atoms with van der Waals surface area (Å²) in [4.78, 5) is 19.7. The molecule has 7 aromatic carbocycles. The Morgan fingerprint density at radius 1 is 0.472 bits per heavy atom. The summed E-state index contributed by atoms with van der Waals surface area (Å²) in [5, 5.41) is 10.5. The molecule has 0 unspecified atom stereocenters. The molecule has 8 aromatic rings. The van der Waals surface area contributed by atoms with Gasteiger partial charge >= 0.3 is 0 Å². The molecule has 0 bridgehead atoms. The van der Waals surface area contributed by atoms with Crippen LogP contribution < -0.4 is 4.90 Å². The fourth-order valence-electron chi connectivity index (χ4n) is 7.98. The van der Waals surface area contributed by atoms with Crippen LogP contribution in [-0.4, -0.2) is 15.0 Å². The molecule has 0 saturated carbocycles. The fraction of sp³-hybridized carbons (Fsp3) is 0.0213. The standard InChI is InChI=1S/C47H29N5S/c48-30-33-27-28-34(29-35(33)46-50-44(31-15-3-1-4-16-31)49-45(51-46)32-17-5-2-6-18-32)52-40-23-11-7-19-36(40)47(37-20-8-12-24-41(37)52)38-21-9-13-25-42(38)53-43-26-14-10-22-39(43)47/h1-29H. The van der Waals surface area contributed by atoms with Crippen LogP contribution in [0, 0.1) is 11.3 Å². The average molecular weight is 696 g/mol. The van der Waals surface area contributed by atoms with Gasteiger partial charge in [-0.3, -0.25) is 0 Å². The van der Waals surface area contributed by atoms with Gasteiger partial charge in [0.2, 0.25) is 0 Å². The Hall–Kier alpha value is -6.81. The number of nitriles is 1. The Balaban J connectivity index is 1.22. The van der Waals surface area contributed by atoms with E-state index < -0.39 is 5.41 Å². The van der Waals surface area contributed by atoms with E-state index in [0.29, 0.717) is 28.6 Å². The highest BCUT2D eigenvalue weighted by molar-refractivity contribution is 7.99. The molecule has 10 rings (SSSR count). The highest BCUT2D eigenvalue weighted by Gasteiger charge is 2.50. The Bertz CT molecular complexity index is 2590. The molecule has 5 nitrogen and oxygen atoms in total. The van der Waals surface area contributed by atoms with Crippen LogP contribution in [0.25, 0.3) is 34.2 Å². The number of nitrogens with zero attached hydrogens (tertiary/aromatic N) is 5. The normalized spacial score (nSPS) is 13.3. The molecule has 0 amide bonds. The van der Waals surface area contributed by atoms with Crippen molar-refractivity contribution in [2.24, 2.45) is 0 Å². The number of aromatic nitrogens is 3. The molecule has 0 N–H and O–H groups in total.